The molecule has 3 aromatic rings. The minimum absolute atomic E-state index is 0.283. The molecule has 0 fully saturated rings. The molecule has 0 saturated carbocycles. The molecule has 0 amide bonds. The Morgan fingerprint density at radius 3 is 1.73 bits per heavy atom. The molecule has 1 heterocycles. The van der Waals surface area contributed by atoms with Crippen LogP contribution in [0.2, 0.25) is 0 Å². The van der Waals surface area contributed by atoms with Crippen molar-refractivity contribution in [2.24, 2.45) is 4.99 Å². The van der Waals surface area contributed by atoms with Crippen LogP contribution in [-0.4, -0.2) is 44.9 Å². The number of carbonyl (C=O) groups excluding carboxylic acids is 2. The molecular weight excluding hydrogens is 510 g/mol. The zero-order valence-corrected chi connectivity index (χ0v) is 23.5. The van der Waals surface area contributed by atoms with Gasteiger partial charge in [-0.15, -0.1) is 0 Å². The molecule has 0 saturated heterocycles. The maximum atomic E-state index is 11.6. The molecule has 0 atom stereocenters. The Hall–Kier alpha value is -3.69. The second kappa shape index (κ2) is 16.4. The number of nitrogens with zero attached hydrogens (tertiary/aromatic N) is 1. The van der Waals surface area contributed by atoms with Crippen molar-refractivity contribution in [2.45, 2.75) is 46.9 Å². The van der Waals surface area contributed by atoms with Crippen LogP contribution >= 0.6 is 0 Å². The van der Waals surface area contributed by atoms with E-state index in [-0.39, 0.29) is 25.2 Å². The second-order valence-corrected chi connectivity index (χ2v) is 8.57. The molecule has 0 bridgehead atoms. The number of carbonyl (C=O) groups is 2. The number of ether oxygens (including phenoxy) is 5. The highest BCUT2D eigenvalue weighted by atomic mass is 16.7. The van der Waals surface area contributed by atoms with Gasteiger partial charge in [0.2, 0.25) is 0 Å². The van der Waals surface area contributed by atoms with Crippen molar-refractivity contribution in [3.63, 3.8) is 0 Å². The van der Waals surface area contributed by atoms with E-state index in [0.29, 0.717) is 37.6 Å². The molecule has 40 heavy (non-hydrogen) atoms. The van der Waals surface area contributed by atoms with Gasteiger partial charge in [0.1, 0.15) is 12.9 Å². The van der Waals surface area contributed by atoms with Crippen LogP contribution in [0.5, 0.6) is 0 Å². The zero-order chi connectivity index (χ0) is 28.7. The maximum Gasteiger partial charge on any atom is 0.338 e. The van der Waals surface area contributed by atoms with E-state index in [1.165, 1.54) is 0 Å². The highest BCUT2D eigenvalue weighted by Crippen LogP contribution is 2.29. The van der Waals surface area contributed by atoms with Gasteiger partial charge < -0.3 is 23.7 Å². The summed E-state index contributed by atoms with van der Waals surface area (Å²) in [4.78, 5) is 26.6. The molecule has 0 spiro atoms. The number of fused-ring (bicyclic) bond motifs is 1. The fourth-order valence-electron chi connectivity index (χ4n) is 3.96. The highest BCUT2D eigenvalue weighted by Gasteiger charge is 2.23. The summed E-state index contributed by atoms with van der Waals surface area (Å²) >= 11 is 0. The standard InChI is InChI=1S/C20H21NO4.C12H16O3/c1-3-23-20(24-4-2)15-10-8-14(9-11-15)12-21-18-7-5-6-16-17(18)13-25-19(16)22;1-3-14-12(15-4-2)11-7-5-10(9-13)6-8-11/h5-12,20H,3-4,13H2,1-2H3;5-9,12H,3-4H2,1-2H3. The van der Waals surface area contributed by atoms with Crippen LogP contribution < -0.4 is 0 Å². The lowest BCUT2D eigenvalue weighted by Crippen LogP contribution is -2.08. The molecule has 8 heteroatoms. The Morgan fingerprint density at radius 1 is 0.750 bits per heavy atom. The first-order valence-corrected chi connectivity index (χ1v) is 13.5. The van der Waals surface area contributed by atoms with Crippen molar-refractivity contribution in [3.8, 4) is 0 Å². The minimum Gasteiger partial charge on any atom is -0.457 e. The lowest BCUT2D eigenvalue weighted by molar-refractivity contribution is -0.140. The summed E-state index contributed by atoms with van der Waals surface area (Å²) in [6.07, 6.45) is 1.92. The largest absolute Gasteiger partial charge is 0.457 e. The van der Waals surface area contributed by atoms with Crippen molar-refractivity contribution in [2.75, 3.05) is 26.4 Å². The molecule has 212 valence electrons. The van der Waals surface area contributed by atoms with Gasteiger partial charge in [-0.3, -0.25) is 9.79 Å². The van der Waals surface area contributed by atoms with Gasteiger partial charge in [-0.1, -0.05) is 54.6 Å². The normalized spacial score (nSPS) is 12.4. The van der Waals surface area contributed by atoms with Crippen molar-refractivity contribution < 1.29 is 33.3 Å². The van der Waals surface area contributed by atoms with Gasteiger partial charge in [0, 0.05) is 54.9 Å². The molecule has 4 rings (SSSR count). The molecule has 8 nitrogen and oxygen atoms in total. The van der Waals surface area contributed by atoms with E-state index in [0.717, 1.165) is 34.2 Å². The lowest BCUT2D eigenvalue weighted by atomic mass is 10.1. The third-order valence-electron chi connectivity index (χ3n) is 5.90. The summed E-state index contributed by atoms with van der Waals surface area (Å²) < 4.78 is 27.1. The van der Waals surface area contributed by atoms with Gasteiger partial charge in [-0.2, -0.15) is 0 Å². The van der Waals surface area contributed by atoms with Crippen LogP contribution in [0.1, 0.15) is 83.2 Å². The van der Waals surface area contributed by atoms with E-state index in [4.69, 9.17) is 23.7 Å². The molecule has 1 aliphatic rings. The Labute approximate surface area is 235 Å². The molecule has 0 unspecified atom stereocenters. The van der Waals surface area contributed by atoms with Crippen LogP contribution in [-0.2, 0) is 30.3 Å². The molecule has 0 aromatic heterocycles. The fourth-order valence-corrected chi connectivity index (χ4v) is 3.96. The lowest BCUT2D eigenvalue weighted by Gasteiger charge is -2.17. The zero-order valence-electron chi connectivity index (χ0n) is 23.5. The Bertz CT molecular complexity index is 1230. The fraction of sp³-hybridized carbons (Fsp3) is 0.344. The quantitative estimate of drug-likeness (QED) is 0.101. The van der Waals surface area contributed by atoms with E-state index in [2.05, 4.69) is 4.99 Å². The number of hydrogen-bond acceptors (Lipinski definition) is 8. The van der Waals surface area contributed by atoms with Crippen molar-refractivity contribution in [1.29, 1.82) is 0 Å². The van der Waals surface area contributed by atoms with E-state index in [1.807, 2.05) is 76.2 Å². The van der Waals surface area contributed by atoms with E-state index in [9.17, 15) is 9.59 Å². The number of benzene rings is 3. The Balaban J connectivity index is 0.000000252. The van der Waals surface area contributed by atoms with Crippen LogP contribution in [0.4, 0.5) is 5.69 Å². The summed E-state index contributed by atoms with van der Waals surface area (Å²) in [6.45, 7) is 10.4. The predicted octanol–water partition coefficient (Wildman–Crippen LogP) is 6.75. The molecule has 1 aliphatic heterocycles. The summed E-state index contributed by atoms with van der Waals surface area (Å²) in [7, 11) is 0. The number of rotatable bonds is 13. The van der Waals surface area contributed by atoms with Crippen LogP contribution in [0.25, 0.3) is 0 Å². The predicted molar refractivity (Wildman–Crippen MR) is 153 cm³/mol. The summed E-state index contributed by atoms with van der Waals surface area (Å²) in [5.41, 5.74) is 5.72. The van der Waals surface area contributed by atoms with E-state index >= 15 is 0 Å². The maximum absolute atomic E-state index is 11.6. The Kier molecular flexibility index (Phi) is 12.7. The highest BCUT2D eigenvalue weighted by molar-refractivity contribution is 5.95. The van der Waals surface area contributed by atoms with E-state index < -0.39 is 0 Å². The number of esters is 1. The molecule has 0 radical (unpaired) electrons. The number of aliphatic imine (C=N–C) groups is 1. The SMILES string of the molecule is CCOC(OCC)c1ccc(C=Nc2cccc3c2COC3=O)cc1.CCOC(OCC)c1ccc(C=O)cc1. The first kappa shape index (κ1) is 30.8. The monoisotopic (exact) mass is 547 g/mol. The van der Waals surface area contributed by atoms with Gasteiger partial charge in [-0.25, -0.2) is 4.79 Å². The van der Waals surface area contributed by atoms with Crippen LogP contribution in [0.15, 0.2) is 71.7 Å². The van der Waals surface area contributed by atoms with Crippen molar-refractivity contribution in [3.05, 3.63) is 100 Å². The Morgan fingerprint density at radius 2 is 1.25 bits per heavy atom. The minimum atomic E-state index is -0.346. The average molecular weight is 548 g/mol. The summed E-state index contributed by atoms with van der Waals surface area (Å²) in [6, 6.07) is 20.5. The van der Waals surface area contributed by atoms with E-state index in [1.54, 1.807) is 24.4 Å². The van der Waals surface area contributed by atoms with Gasteiger partial charge in [0.05, 0.1) is 11.3 Å². The third-order valence-corrected chi connectivity index (χ3v) is 5.90. The number of hydrogen-bond donors (Lipinski definition) is 0. The average Bonchev–Trinajstić information content (AvgIpc) is 3.37. The molecule has 0 N–H and O–H groups in total. The third kappa shape index (κ3) is 8.66. The number of cyclic esters (lactones) is 1. The first-order valence-electron chi connectivity index (χ1n) is 13.5. The molecule has 0 aliphatic carbocycles. The van der Waals surface area contributed by atoms with Gasteiger partial charge in [0.15, 0.2) is 12.6 Å². The van der Waals surface area contributed by atoms with Gasteiger partial charge in [0.25, 0.3) is 0 Å². The summed E-state index contributed by atoms with van der Waals surface area (Å²) in [5.74, 6) is -0.283. The second-order valence-electron chi connectivity index (χ2n) is 8.57. The van der Waals surface area contributed by atoms with Crippen molar-refractivity contribution >= 4 is 24.2 Å². The van der Waals surface area contributed by atoms with Crippen LogP contribution in [0.3, 0.4) is 0 Å². The number of aldehydes is 1. The van der Waals surface area contributed by atoms with Crippen LogP contribution in [0, 0.1) is 0 Å². The van der Waals surface area contributed by atoms with Crippen molar-refractivity contribution in [1.82, 2.24) is 0 Å². The molecular formula is C32H37NO7. The summed E-state index contributed by atoms with van der Waals surface area (Å²) in [5, 5.41) is 0. The smallest absolute Gasteiger partial charge is 0.338 e. The molecule has 3 aromatic carbocycles. The van der Waals surface area contributed by atoms with Gasteiger partial charge in [-0.05, 0) is 45.4 Å². The topological polar surface area (TPSA) is 92.7 Å². The first-order chi connectivity index (χ1) is 19.5. The van der Waals surface area contributed by atoms with Gasteiger partial charge >= 0.3 is 5.97 Å².